The molecule has 1 aromatic heterocycles. The molecule has 2 rings (SSSR count). The van der Waals surface area contributed by atoms with Gasteiger partial charge in [-0.05, 0) is 6.92 Å². The lowest BCUT2D eigenvalue weighted by atomic mass is 9.96. The molecule has 16 nitrogen and oxygen atoms in total. The van der Waals surface area contributed by atoms with E-state index >= 15 is 4.39 Å². The lowest BCUT2D eigenvalue weighted by Crippen LogP contribution is -2.44. The van der Waals surface area contributed by atoms with E-state index in [4.69, 9.17) is 25.2 Å². The van der Waals surface area contributed by atoms with Crippen LogP contribution in [0.1, 0.15) is 13.2 Å². The van der Waals surface area contributed by atoms with Crippen molar-refractivity contribution in [1.82, 2.24) is 9.55 Å². The molecular formula is C12H16F2N3O13P3. The number of nitrogen functional groups attached to an aromatic ring is 1. The van der Waals surface area contributed by atoms with Crippen molar-refractivity contribution < 1.29 is 65.0 Å². The number of hydrogen-bond acceptors (Lipinski definition) is 11. The van der Waals surface area contributed by atoms with Crippen LogP contribution in [-0.4, -0.2) is 58.7 Å². The molecule has 1 fully saturated rings. The van der Waals surface area contributed by atoms with Gasteiger partial charge in [-0.3, -0.25) is 9.09 Å². The molecule has 0 radical (unpaired) electrons. The Morgan fingerprint density at radius 3 is 2.42 bits per heavy atom. The van der Waals surface area contributed by atoms with Crippen molar-refractivity contribution in [3.8, 4) is 11.8 Å². The molecule has 21 heteroatoms. The number of halogens is 2. The van der Waals surface area contributed by atoms with Gasteiger partial charge in [-0.25, -0.2) is 27.3 Å². The van der Waals surface area contributed by atoms with Gasteiger partial charge in [0.1, 0.15) is 12.2 Å². The molecule has 1 aromatic rings. The number of phosphoric ester groups is 1. The summed E-state index contributed by atoms with van der Waals surface area (Å²) in [5, 5.41) is 10.3. The van der Waals surface area contributed by atoms with Crippen LogP contribution in [0.15, 0.2) is 11.0 Å². The molecule has 0 spiro atoms. The Balaban J connectivity index is 2.27. The SMILES string of the molecule is CC#CC1(F)[C@@H](O)[C@@H](COP(=O)(O)OP(=O)(O)OP(=O)(O)O)O[C@H]1n1cc(F)c(N)nc1=O. The Bertz CT molecular complexity index is 1180. The Labute approximate surface area is 182 Å². The van der Waals surface area contributed by atoms with E-state index in [0.717, 1.165) is 6.92 Å². The van der Waals surface area contributed by atoms with E-state index in [1.807, 2.05) is 5.92 Å². The first-order chi connectivity index (χ1) is 14.9. The third-order valence-corrected chi connectivity index (χ3v) is 7.57. The van der Waals surface area contributed by atoms with Crippen molar-refractivity contribution in [3.63, 3.8) is 0 Å². The largest absolute Gasteiger partial charge is 0.490 e. The number of phosphoric acid groups is 3. The zero-order valence-electron chi connectivity index (χ0n) is 16.1. The van der Waals surface area contributed by atoms with Gasteiger partial charge in [-0.1, -0.05) is 5.92 Å². The van der Waals surface area contributed by atoms with Gasteiger partial charge >= 0.3 is 29.2 Å². The topological polar surface area (TPSA) is 250 Å². The van der Waals surface area contributed by atoms with Crippen molar-refractivity contribution in [1.29, 1.82) is 0 Å². The molecule has 2 heterocycles. The number of aliphatic hydroxyl groups is 1. The van der Waals surface area contributed by atoms with Crippen molar-refractivity contribution in [2.75, 3.05) is 12.3 Å². The van der Waals surface area contributed by atoms with Crippen LogP contribution in [0.5, 0.6) is 0 Å². The van der Waals surface area contributed by atoms with Crippen LogP contribution in [-0.2, 0) is 31.6 Å². The Hall–Kier alpha value is -1.57. The van der Waals surface area contributed by atoms with Crippen molar-refractivity contribution >= 4 is 29.3 Å². The average Bonchev–Trinajstić information content (AvgIpc) is 2.85. The predicted molar refractivity (Wildman–Crippen MR) is 99.9 cm³/mol. The Morgan fingerprint density at radius 2 is 1.88 bits per heavy atom. The number of aromatic nitrogens is 2. The van der Waals surface area contributed by atoms with Crippen LogP contribution >= 0.6 is 23.5 Å². The van der Waals surface area contributed by atoms with Crippen molar-refractivity contribution in [2.45, 2.75) is 31.0 Å². The highest BCUT2D eigenvalue weighted by molar-refractivity contribution is 7.66. The monoisotopic (exact) mass is 541 g/mol. The molecule has 0 aromatic carbocycles. The van der Waals surface area contributed by atoms with Gasteiger partial charge in [-0.2, -0.15) is 13.6 Å². The van der Waals surface area contributed by atoms with Crippen LogP contribution < -0.4 is 11.4 Å². The van der Waals surface area contributed by atoms with E-state index in [-0.39, 0.29) is 4.57 Å². The van der Waals surface area contributed by atoms with Crippen LogP contribution in [0, 0.1) is 17.7 Å². The summed E-state index contributed by atoms with van der Waals surface area (Å²) in [6.45, 7) is -0.118. The average molecular weight is 541 g/mol. The minimum absolute atomic E-state index is 0.268. The molecule has 7 N–H and O–H groups in total. The van der Waals surface area contributed by atoms with E-state index in [9.17, 15) is 32.9 Å². The summed E-state index contributed by atoms with van der Waals surface area (Å²) in [6, 6.07) is 0. The van der Waals surface area contributed by atoms with Gasteiger partial charge in [0.25, 0.3) is 0 Å². The highest BCUT2D eigenvalue weighted by Crippen LogP contribution is 2.66. The number of nitrogens with zero attached hydrogens (tertiary/aromatic N) is 2. The van der Waals surface area contributed by atoms with Gasteiger partial charge < -0.3 is 35.2 Å². The lowest BCUT2D eigenvalue weighted by molar-refractivity contribution is -0.0538. The highest BCUT2D eigenvalue weighted by Gasteiger charge is 2.58. The number of anilines is 1. The van der Waals surface area contributed by atoms with Crippen molar-refractivity contribution in [2.24, 2.45) is 0 Å². The number of rotatable bonds is 8. The van der Waals surface area contributed by atoms with Gasteiger partial charge in [0.2, 0.25) is 5.67 Å². The fourth-order valence-corrected chi connectivity index (χ4v) is 5.61. The van der Waals surface area contributed by atoms with Gasteiger partial charge in [0.05, 0.1) is 12.8 Å². The normalized spacial score (nSPS) is 29.0. The molecule has 1 aliphatic rings. The summed E-state index contributed by atoms with van der Waals surface area (Å²) in [5.74, 6) is 1.98. The first-order valence-corrected chi connectivity index (χ1v) is 12.7. The molecule has 33 heavy (non-hydrogen) atoms. The van der Waals surface area contributed by atoms with Gasteiger partial charge in [0, 0.05) is 0 Å². The van der Waals surface area contributed by atoms with Crippen LogP contribution in [0.4, 0.5) is 14.6 Å². The molecule has 0 amide bonds. The maximum absolute atomic E-state index is 15.5. The Kier molecular flexibility index (Phi) is 8.04. The first-order valence-electron chi connectivity index (χ1n) is 8.19. The number of ether oxygens (including phenoxy) is 1. The number of alkyl halides is 1. The summed E-state index contributed by atoms with van der Waals surface area (Å²) in [5.41, 5.74) is 0.723. The fraction of sp³-hybridized carbons (Fsp3) is 0.500. The molecule has 0 aliphatic carbocycles. The number of aliphatic hydroxyl groups excluding tert-OH is 1. The van der Waals surface area contributed by atoms with Crippen LogP contribution in [0.25, 0.3) is 0 Å². The van der Waals surface area contributed by atoms with E-state index in [1.165, 1.54) is 0 Å². The summed E-state index contributed by atoms with van der Waals surface area (Å²) in [7, 11) is -17.1. The summed E-state index contributed by atoms with van der Waals surface area (Å²) in [4.78, 5) is 50.7. The van der Waals surface area contributed by atoms with Crippen LogP contribution in [0.3, 0.4) is 0 Å². The summed E-state index contributed by atoms with van der Waals surface area (Å²) in [6.07, 6.45) is -5.98. The Morgan fingerprint density at radius 1 is 1.27 bits per heavy atom. The molecule has 3 unspecified atom stereocenters. The zero-order valence-corrected chi connectivity index (χ0v) is 18.8. The molecule has 6 atom stereocenters. The molecule has 0 saturated carbocycles. The lowest BCUT2D eigenvalue weighted by Gasteiger charge is -2.24. The number of nitrogens with two attached hydrogens (primary N) is 1. The van der Waals surface area contributed by atoms with E-state index in [0.29, 0.717) is 6.20 Å². The minimum Gasteiger partial charge on any atom is -0.386 e. The molecule has 1 aliphatic heterocycles. The van der Waals surface area contributed by atoms with E-state index < -0.39 is 71.5 Å². The third-order valence-electron chi connectivity index (χ3n) is 3.77. The smallest absolute Gasteiger partial charge is 0.386 e. The van der Waals surface area contributed by atoms with E-state index in [1.54, 1.807) is 0 Å². The second-order valence-corrected chi connectivity index (χ2v) is 10.6. The summed E-state index contributed by atoms with van der Waals surface area (Å²) < 4.78 is 79.7. The molecule has 186 valence electrons. The zero-order chi connectivity index (χ0) is 25.4. The predicted octanol–water partition coefficient (Wildman–Crippen LogP) is -0.702. The summed E-state index contributed by atoms with van der Waals surface area (Å²) >= 11 is 0. The molecular weight excluding hydrogens is 525 g/mol. The second-order valence-electron chi connectivity index (χ2n) is 6.17. The maximum Gasteiger partial charge on any atom is 0.490 e. The maximum atomic E-state index is 15.5. The quantitative estimate of drug-likeness (QED) is 0.176. The second kappa shape index (κ2) is 9.59. The van der Waals surface area contributed by atoms with Crippen LogP contribution in [0.2, 0.25) is 0 Å². The first kappa shape index (κ1) is 27.7. The molecule has 0 bridgehead atoms. The molecule has 1 saturated heterocycles. The number of hydrogen-bond donors (Lipinski definition) is 6. The van der Waals surface area contributed by atoms with E-state index in [2.05, 4.69) is 24.0 Å². The van der Waals surface area contributed by atoms with Crippen molar-refractivity contribution in [3.05, 3.63) is 22.5 Å². The fourth-order valence-electron chi connectivity index (χ4n) is 2.58. The minimum atomic E-state index is -5.83. The van der Waals surface area contributed by atoms with Gasteiger partial charge in [-0.15, -0.1) is 5.92 Å². The standard InChI is InChI=1S/C12H16F2N3O13P3/c1-2-3-12(14)8(18)7(28-10(12)17-4-6(13)9(15)16-11(17)19)5-27-32(23,24)30-33(25,26)29-31(20,21)22/h4,7-8,10,18H,5H2,1H3,(H,23,24)(H,25,26)(H2,15,16,19)(H2,20,21,22)/t7-,8+,10-,12?/m1/s1. The van der Waals surface area contributed by atoms with Gasteiger partial charge in [0.15, 0.2) is 17.9 Å². The highest BCUT2D eigenvalue weighted by atomic mass is 31.3. The third kappa shape index (κ3) is 6.74.